The van der Waals surface area contributed by atoms with Crippen LogP contribution in [0.15, 0.2) is 42.7 Å². The Labute approximate surface area is 131 Å². The maximum atomic E-state index is 13.6. The van der Waals surface area contributed by atoms with Gasteiger partial charge in [-0.05, 0) is 24.6 Å². The second kappa shape index (κ2) is 6.39. The van der Waals surface area contributed by atoms with Gasteiger partial charge in [-0.1, -0.05) is 19.1 Å². The maximum Gasteiger partial charge on any atom is 0.267 e. The highest BCUT2D eigenvalue weighted by Gasteiger charge is 2.21. The van der Waals surface area contributed by atoms with Crippen LogP contribution in [0.25, 0.3) is 5.78 Å². The lowest BCUT2D eigenvalue weighted by Gasteiger charge is -2.16. The van der Waals surface area contributed by atoms with Gasteiger partial charge in [0, 0.05) is 12.4 Å². The van der Waals surface area contributed by atoms with Gasteiger partial charge in [-0.25, -0.2) is 13.9 Å². The molecule has 3 aromatic rings. The van der Waals surface area contributed by atoms with Crippen LogP contribution in [0.1, 0.15) is 13.3 Å². The number of hydrogen-bond acceptors (Lipinski definition) is 5. The monoisotopic (exact) mass is 315 g/mol. The van der Waals surface area contributed by atoms with Crippen LogP contribution in [0.5, 0.6) is 5.75 Å². The molecule has 0 bridgehead atoms. The zero-order valence-electron chi connectivity index (χ0n) is 12.3. The lowest BCUT2D eigenvalue weighted by molar-refractivity contribution is -0.123. The highest BCUT2D eigenvalue weighted by atomic mass is 19.1. The van der Waals surface area contributed by atoms with Crippen molar-refractivity contribution in [2.75, 3.05) is 5.32 Å². The number of nitrogens with zero attached hydrogens (tertiary/aromatic N) is 4. The molecule has 0 saturated carbocycles. The summed E-state index contributed by atoms with van der Waals surface area (Å²) in [4.78, 5) is 20.4. The van der Waals surface area contributed by atoms with Gasteiger partial charge in [-0.15, -0.1) is 5.10 Å². The molecule has 0 aliphatic heterocycles. The Kier molecular flexibility index (Phi) is 4.13. The molecule has 0 fully saturated rings. The van der Waals surface area contributed by atoms with Crippen LogP contribution in [-0.4, -0.2) is 31.6 Å². The molecule has 7 nitrogen and oxygen atoms in total. The summed E-state index contributed by atoms with van der Waals surface area (Å²) >= 11 is 0. The van der Waals surface area contributed by atoms with Gasteiger partial charge >= 0.3 is 0 Å². The number of carbonyl (C=O) groups excluding carboxylic acids is 1. The fourth-order valence-electron chi connectivity index (χ4n) is 1.99. The van der Waals surface area contributed by atoms with E-state index in [1.165, 1.54) is 16.6 Å². The number of fused-ring (bicyclic) bond motifs is 1. The van der Waals surface area contributed by atoms with Gasteiger partial charge in [-0.3, -0.25) is 10.1 Å². The van der Waals surface area contributed by atoms with Crippen molar-refractivity contribution in [3.63, 3.8) is 0 Å². The molecule has 2 heterocycles. The molecule has 1 N–H and O–H groups in total. The van der Waals surface area contributed by atoms with E-state index < -0.39 is 17.8 Å². The first-order valence-corrected chi connectivity index (χ1v) is 7.07. The average Bonchev–Trinajstić information content (AvgIpc) is 2.96. The van der Waals surface area contributed by atoms with Crippen molar-refractivity contribution >= 4 is 17.6 Å². The first-order valence-electron chi connectivity index (χ1n) is 7.07. The van der Waals surface area contributed by atoms with Crippen LogP contribution >= 0.6 is 0 Å². The topological polar surface area (TPSA) is 81.4 Å². The van der Waals surface area contributed by atoms with Gasteiger partial charge in [0.05, 0.1) is 0 Å². The SMILES string of the molecule is CCC(Oc1ccccc1F)C(=O)Nc1nc2ncccn2n1. The number of para-hydroxylation sites is 1. The zero-order chi connectivity index (χ0) is 16.2. The number of benzene rings is 1. The highest BCUT2D eigenvalue weighted by molar-refractivity contribution is 5.93. The van der Waals surface area contributed by atoms with E-state index in [1.807, 2.05) is 0 Å². The first kappa shape index (κ1) is 14.9. The van der Waals surface area contributed by atoms with Gasteiger partial charge in [0.2, 0.25) is 0 Å². The Morgan fingerprint density at radius 2 is 2.22 bits per heavy atom. The number of aromatic nitrogens is 4. The number of amides is 1. The minimum atomic E-state index is -0.855. The van der Waals surface area contributed by atoms with Gasteiger partial charge < -0.3 is 4.74 Å². The standard InChI is InChI=1S/C15H14FN5O2/c1-2-11(23-12-7-4-3-6-10(12)16)13(22)18-14-19-15-17-8-5-9-21(15)20-14/h3-9,11H,2H2,1H3,(H,18,20,22). The van der Waals surface area contributed by atoms with Gasteiger partial charge in [0.1, 0.15) is 0 Å². The fourth-order valence-corrected chi connectivity index (χ4v) is 1.99. The van der Waals surface area contributed by atoms with E-state index in [0.717, 1.165) is 0 Å². The number of carbonyl (C=O) groups is 1. The molecule has 1 amide bonds. The molecule has 0 spiro atoms. The van der Waals surface area contributed by atoms with E-state index in [0.29, 0.717) is 12.2 Å². The minimum Gasteiger partial charge on any atom is -0.478 e. The third kappa shape index (κ3) is 3.25. The van der Waals surface area contributed by atoms with Gasteiger partial charge in [-0.2, -0.15) is 4.98 Å². The molecule has 0 aliphatic carbocycles. The normalized spacial score (nSPS) is 12.1. The summed E-state index contributed by atoms with van der Waals surface area (Å²) in [6, 6.07) is 7.63. The Morgan fingerprint density at radius 3 is 2.96 bits per heavy atom. The summed E-state index contributed by atoms with van der Waals surface area (Å²) in [5.74, 6) is -0.463. The molecule has 1 unspecified atom stereocenters. The number of rotatable bonds is 5. The van der Waals surface area contributed by atoms with Crippen LogP contribution in [0, 0.1) is 5.82 Å². The van der Waals surface area contributed by atoms with Crippen molar-refractivity contribution in [3.05, 3.63) is 48.5 Å². The molecule has 23 heavy (non-hydrogen) atoms. The Morgan fingerprint density at radius 1 is 1.39 bits per heavy atom. The van der Waals surface area contributed by atoms with Gasteiger partial charge in [0.15, 0.2) is 17.7 Å². The maximum absolute atomic E-state index is 13.6. The average molecular weight is 315 g/mol. The Balaban J connectivity index is 1.73. The van der Waals surface area contributed by atoms with Crippen molar-refractivity contribution in [2.45, 2.75) is 19.4 Å². The second-order valence-corrected chi connectivity index (χ2v) is 4.73. The van der Waals surface area contributed by atoms with E-state index in [9.17, 15) is 9.18 Å². The van der Waals surface area contributed by atoms with Crippen LogP contribution in [0.4, 0.5) is 10.3 Å². The molecule has 2 aromatic heterocycles. The summed E-state index contributed by atoms with van der Waals surface area (Å²) in [5.41, 5.74) is 0. The smallest absolute Gasteiger partial charge is 0.267 e. The van der Waals surface area contributed by atoms with E-state index in [2.05, 4.69) is 20.4 Å². The summed E-state index contributed by atoms with van der Waals surface area (Å²) in [7, 11) is 0. The fraction of sp³-hybridized carbons (Fsp3) is 0.200. The lowest BCUT2D eigenvalue weighted by atomic mass is 10.2. The van der Waals surface area contributed by atoms with Crippen molar-refractivity contribution in [1.82, 2.24) is 19.6 Å². The number of ether oxygens (including phenoxy) is 1. The lowest BCUT2D eigenvalue weighted by Crippen LogP contribution is -2.33. The van der Waals surface area contributed by atoms with E-state index >= 15 is 0 Å². The van der Waals surface area contributed by atoms with Crippen LogP contribution < -0.4 is 10.1 Å². The van der Waals surface area contributed by atoms with Crippen molar-refractivity contribution in [3.8, 4) is 5.75 Å². The van der Waals surface area contributed by atoms with Crippen molar-refractivity contribution in [2.24, 2.45) is 0 Å². The molecule has 1 aromatic carbocycles. The van der Waals surface area contributed by atoms with Crippen LogP contribution in [-0.2, 0) is 4.79 Å². The summed E-state index contributed by atoms with van der Waals surface area (Å²) < 4.78 is 20.5. The molecule has 0 radical (unpaired) electrons. The molecular formula is C15H14FN5O2. The summed E-state index contributed by atoms with van der Waals surface area (Å²) in [6.07, 6.45) is 2.75. The van der Waals surface area contributed by atoms with Crippen LogP contribution in [0.3, 0.4) is 0 Å². The summed E-state index contributed by atoms with van der Waals surface area (Å²) in [6.45, 7) is 1.77. The second-order valence-electron chi connectivity index (χ2n) is 4.73. The molecule has 3 rings (SSSR count). The number of nitrogens with one attached hydrogen (secondary N) is 1. The number of anilines is 1. The molecule has 8 heteroatoms. The molecule has 0 aliphatic rings. The van der Waals surface area contributed by atoms with Crippen molar-refractivity contribution < 1.29 is 13.9 Å². The molecule has 118 valence electrons. The zero-order valence-corrected chi connectivity index (χ0v) is 12.3. The van der Waals surface area contributed by atoms with E-state index in [1.54, 1.807) is 37.5 Å². The molecular weight excluding hydrogens is 301 g/mol. The summed E-state index contributed by atoms with van der Waals surface area (Å²) in [5, 5.41) is 6.63. The third-order valence-corrected chi connectivity index (χ3v) is 3.12. The predicted octanol–water partition coefficient (Wildman–Crippen LogP) is 2.06. The van der Waals surface area contributed by atoms with Crippen molar-refractivity contribution in [1.29, 1.82) is 0 Å². The quantitative estimate of drug-likeness (QED) is 0.779. The number of hydrogen-bond donors (Lipinski definition) is 1. The van der Waals surface area contributed by atoms with E-state index in [-0.39, 0.29) is 11.7 Å². The highest BCUT2D eigenvalue weighted by Crippen LogP contribution is 2.18. The Bertz CT molecular complexity index is 802. The molecule has 1 atom stereocenters. The Hall–Kier alpha value is -3.03. The minimum absolute atomic E-state index is 0.0270. The van der Waals surface area contributed by atoms with Gasteiger partial charge in [0.25, 0.3) is 17.6 Å². The molecule has 0 saturated heterocycles. The third-order valence-electron chi connectivity index (χ3n) is 3.12. The number of halogens is 1. The predicted molar refractivity (Wildman–Crippen MR) is 80.5 cm³/mol. The van der Waals surface area contributed by atoms with Crippen LogP contribution in [0.2, 0.25) is 0 Å². The first-order chi connectivity index (χ1) is 11.2. The largest absolute Gasteiger partial charge is 0.478 e. The van der Waals surface area contributed by atoms with E-state index in [4.69, 9.17) is 4.74 Å².